The Bertz CT molecular complexity index is 1380. The van der Waals surface area contributed by atoms with Crippen LogP contribution >= 0.6 is 0 Å². The van der Waals surface area contributed by atoms with Crippen molar-refractivity contribution in [2.45, 2.75) is 45.3 Å². The smallest absolute Gasteiger partial charge is 0.235 e. The van der Waals surface area contributed by atoms with Crippen molar-refractivity contribution in [3.05, 3.63) is 22.8 Å². The van der Waals surface area contributed by atoms with Crippen molar-refractivity contribution in [2.24, 2.45) is 34.8 Å². The third-order valence-corrected chi connectivity index (χ3v) is 8.09. The predicted octanol–water partition coefficient (Wildman–Crippen LogP) is 0.331. The standard InChI is InChI=1S/C29H35N3O7/c1-28(2,3)9-8-13-12-17(31(4)5)15-10-14-11-16-21(32(6)7)24(35)20(27(30)38)26(37)29(16,39)25(36)18(14)23(34)19(15)22(13)33/h12,14,16,18,20-21,33,39H,10-11H2,1-7H3,(H2,30,38)/t14-,16-,18?,20?,21-,29-/m1/s1. The summed E-state index contributed by atoms with van der Waals surface area (Å²) >= 11 is 0. The molecule has 39 heavy (non-hydrogen) atoms. The van der Waals surface area contributed by atoms with Crippen molar-refractivity contribution in [1.29, 1.82) is 0 Å². The number of likely N-dealkylation sites (N-methyl/N-ethyl adjacent to an activating group) is 1. The molecular formula is C29H35N3O7. The van der Waals surface area contributed by atoms with E-state index in [2.05, 4.69) is 11.8 Å². The van der Waals surface area contributed by atoms with Gasteiger partial charge in [0, 0.05) is 31.1 Å². The van der Waals surface area contributed by atoms with Gasteiger partial charge in [-0.15, -0.1) is 0 Å². The van der Waals surface area contributed by atoms with E-state index in [4.69, 9.17) is 5.73 Å². The van der Waals surface area contributed by atoms with Crippen LogP contribution in [0.15, 0.2) is 6.07 Å². The van der Waals surface area contributed by atoms with Gasteiger partial charge in [-0.05, 0) is 65.3 Å². The number of aromatic hydroxyl groups is 1. The minimum absolute atomic E-state index is 0.00308. The molecule has 1 aromatic rings. The van der Waals surface area contributed by atoms with E-state index in [-0.39, 0.29) is 35.1 Å². The van der Waals surface area contributed by atoms with Gasteiger partial charge in [0.25, 0.3) is 0 Å². The van der Waals surface area contributed by atoms with Crippen molar-refractivity contribution in [2.75, 3.05) is 33.1 Å². The largest absolute Gasteiger partial charge is 0.506 e. The second-order valence-corrected chi connectivity index (χ2v) is 12.3. The van der Waals surface area contributed by atoms with Crippen molar-refractivity contribution < 1.29 is 34.2 Å². The fourth-order valence-electron chi connectivity index (χ4n) is 6.40. The Morgan fingerprint density at radius 2 is 1.72 bits per heavy atom. The number of Topliss-reactive ketones (excluding diaryl/α,β-unsaturated/α-hetero) is 4. The lowest BCUT2D eigenvalue weighted by Gasteiger charge is -2.52. The Morgan fingerprint density at radius 1 is 1.10 bits per heavy atom. The summed E-state index contributed by atoms with van der Waals surface area (Å²) in [6.07, 6.45) is 0.197. The number of anilines is 1. The molecule has 0 saturated heterocycles. The van der Waals surface area contributed by atoms with Crippen LogP contribution in [0.2, 0.25) is 0 Å². The number of benzene rings is 1. The Hall–Kier alpha value is -3.55. The lowest BCUT2D eigenvalue weighted by atomic mass is 9.52. The number of carbonyl (C=O) groups excluding carboxylic acids is 5. The number of hydrogen-bond acceptors (Lipinski definition) is 9. The summed E-state index contributed by atoms with van der Waals surface area (Å²) in [7, 11) is 6.69. The lowest BCUT2D eigenvalue weighted by molar-refractivity contribution is -0.181. The van der Waals surface area contributed by atoms with Gasteiger partial charge in [-0.25, -0.2) is 0 Å². The fraction of sp³-hybridized carbons (Fsp3) is 0.552. The molecule has 0 aromatic heterocycles. The molecule has 0 heterocycles. The van der Waals surface area contributed by atoms with E-state index in [9.17, 15) is 34.2 Å². The SMILES string of the molecule is CN(C)c1cc(C#CC(C)(C)C)c(O)c2c1C[C@@H]1C[C@@H]3[C@@H](N(C)C)C(=O)C(C(N)=O)C(=O)[C@]3(O)C(=O)C1C2=O. The van der Waals surface area contributed by atoms with E-state index in [0.29, 0.717) is 11.3 Å². The maximum absolute atomic E-state index is 14.0. The summed E-state index contributed by atoms with van der Waals surface area (Å²) in [5.74, 6) is -4.72. The van der Waals surface area contributed by atoms with Crippen molar-refractivity contribution in [3.63, 3.8) is 0 Å². The van der Waals surface area contributed by atoms with Crippen LogP contribution in [0.5, 0.6) is 5.75 Å². The van der Waals surface area contributed by atoms with E-state index in [1.165, 1.54) is 4.90 Å². The Balaban J connectivity index is 1.91. The Morgan fingerprint density at radius 3 is 2.23 bits per heavy atom. The summed E-state index contributed by atoms with van der Waals surface area (Å²) in [5.41, 5.74) is 3.57. The number of phenols is 1. The molecule has 0 spiro atoms. The van der Waals surface area contributed by atoms with Gasteiger partial charge < -0.3 is 20.8 Å². The van der Waals surface area contributed by atoms with Gasteiger partial charge in [-0.2, -0.15) is 0 Å². The Kier molecular flexibility index (Phi) is 6.77. The van der Waals surface area contributed by atoms with Crippen molar-refractivity contribution in [1.82, 2.24) is 4.90 Å². The number of rotatable bonds is 3. The number of aliphatic hydroxyl groups is 1. The molecule has 6 atom stereocenters. The third kappa shape index (κ3) is 4.24. The van der Waals surface area contributed by atoms with E-state index in [1.807, 2.05) is 20.8 Å². The molecule has 2 fully saturated rings. The molecule has 2 saturated carbocycles. The summed E-state index contributed by atoms with van der Waals surface area (Å²) in [6.45, 7) is 5.71. The van der Waals surface area contributed by atoms with Crippen LogP contribution in [0.25, 0.3) is 0 Å². The maximum atomic E-state index is 14.0. The first kappa shape index (κ1) is 28.5. The highest BCUT2D eigenvalue weighted by molar-refractivity contribution is 6.32. The minimum Gasteiger partial charge on any atom is -0.506 e. The second-order valence-electron chi connectivity index (χ2n) is 12.3. The average molecular weight is 538 g/mol. The second kappa shape index (κ2) is 9.28. The maximum Gasteiger partial charge on any atom is 0.235 e. The zero-order valence-corrected chi connectivity index (χ0v) is 23.3. The molecule has 0 aliphatic heterocycles. The number of primary amides is 1. The number of fused-ring (bicyclic) bond motifs is 3. The molecule has 10 heteroatoms. The molecule has 1 amide bonds. The van der Waals surface area contributed by atoms with E-state index >= 15 is 0 Å². The molecule has 4 N–H and O–H groups in total. The zero-order chi connectivity index (χ0) is 29.4. The first-order valence-corrected chi connectivity index (χ1v) is 12.9. The van der Waals surface area contributed by atoms with Crippen molar-refractivity contribution in [3.8, 4) is 17.6 Å². The molecule has 3 aliphatic rings. The van der Waals surface area contributed by atoms with Crippen LogP contribution in [0.3, 0.4) is 0 Å². The Labute approximate surface area is 227 Å². The lowest BCUT2D eigenvalue weighted by Crippen LogP contribution is -2.74. The van der Waals surface area contributed by atoms with Crippen LogP contribution in [0.4, 0.5) is 5.69 Å². The van der Waals surface area contributed by atoms with Gasteiger partial charge >= 0.3 is 0 Å². The van der Waals surface area contributed by atoms with Gasteiger partial charge in [0.05, 0.1) is 23.1 Å². The molecule has 0 radical (unpaired) electrons. The molecule has 208 valence electrons. The molecule has 2 unspecified atom stereocenters. The molecule has 4 rings (SSSR count). The van der Waals surface area contributed by atoms with Gasteiger partial charge in [0.2, 0.25) is 5.91 Å². The molecule has 10 nitrogen and oxygen atoms in total. The average Bonchev–Trinajstić information content (AvgIpc) is 2.79. The number of nitrogens with two attached hydrogens (primary N) is 1. The van der Waals surface area contributed by atoms with E-state index in [1.54, 1.807) is 39.2 Å². The molecule has 1 aromatic carbocycles. The quantitative estimate of drug-likeness (QED) is 0.365. The van der Waals surface area contributed by atoms with Crippen molar-refractivity contribution >= 4 is 34.7 Å². The van der Waals surface area contributed by atoms with Crippen LogP contribution < -0.4 is 10.6 Å². The summed E-state index contributed by atoms with van der Waals surface area (Å²) in [5, 5.41) is 22.9. The molecule has 0 bridgehead atoms. The van der Waals surface area contributed by atoms with Gasteiger partial charge in [-0.3, -0.25) is 28.9 Å². The summed E-state index contributed by atoms with van der Waals surface area (Å²) in [6, 6.07) is 0.568. The van der Waals surface area contributed by atoms with Crippen LogP contribution in [-0.4, -0.2) is 84.0 Å². The first-order chi connectivity index (χ1) is 17.9. The number of amides is 1. The minimum atomic E-state index is -2.75. The topological polar surface area (TPSA) is 158 Å². The van der Waals surface area contributed by atoms with Crippen LogP contribution in [-0.2, 0) is 25.6 Å². The van der Waals surface area contributed by atoms with Gasteiger partial charge in [-0.1, -0.05) is 11.8 Å². The fourth-order valence-corrected chi connectivity index (χ4v) is 6.40. The highest BCUT2D eigenvalue weighted by Crippen LogP contribution is 2.52. The molecular weight excluding hydrogens is 502 g/mol. The normalized spacial score (nSPS) is 30.2. The van der Waals surface area contributed by atoms with E-state index < -0.39 is 64.4 Å². The highest BCUT2D eigenvalue weighted by Gasteiger charge is 2.69. The third-order valence-electron chi connectivity index (χ3n) is 8.09. The predicted molar refractivity (Wildman–Crippen MR) is 142 cm³/mol. The monoisotopic (exact) mass is 537 g/mol. The number of carbonyl (C=O) groups is 5. The molecule has 3 aliphatic carbocycles. The summed E-state index contributed by atoms with van der Waals surface area (Å²) in [4.78, 5) is 69.9. The first-order valence-electron chi connectivity index (χ1n) is 12.9. The van der Waals surface area contributed by atoms with E-state index in [0.717, 1.165) is 0 Å². The summed E-state index contributed by atoms with van der Waals surface area (Å²) < 4.78 is 0. The highest BCUT2D eigenvalue weighted by atomic mass is 16.3. The number of hydrogen-bond donors (Lipinski definition) is 3. The van der Waals surface area contributed by atoms with Crippen LogP contribution in [0.1, 0.15) is 48.7 Å². The van der Waals surface area contributed by atoms with Crippen LogP contribution in [0, 0.1) is 40.9 Å². The van der Waals surface area contributed by atoms with Gasteiger partial charge in [0.1, 0.15) is 5.75 Å². The zero-order valence-electron chi connectivity index (χ0n) is 23.3. The van der Waals surface area contributed by atoms with Gasteiger partial charge in [0.15, 0.2) is 34.7 Å². The number of nitrogens with zero attached hydrogens (tertiary/aromatic N) is 2. The number of ketones is 4. The number of phenolic OH excluding ortho intramolecular Hbond substituents is 1.